The summed E-state index contributed by atoms with van der Waals surface area (Å²) in [5, 5.41) is 7.83. The fourth-order valence-corrected chi connectivity index (χ4v) is 2.69. The zero-order valence-corrected chi connectivity index (χ0v) is 12.4. The van der Waals surface area contributed by atoms with Crippen molar-refractivity contribution in [2.24, 2.45) is 0 Å². The molecule has 0 spiro atoms. The van der Waals surface area contributed by atoms with Gasteiger partial charge in [0.05, 0.1) is 5.69 Å². The van der Waals surface area contributed by atoms with Crippen LogP contribution in [0.1, 0.15) is 23.1 Å². The van der Waals surface area contributed by atoms with Gasteiger partial charge in [0.1, 0.15) is 0 Å². The van der Waals surface area contributed by atoms with E-state index in [1.54, 1.807) is 0 Å². The minimum absolute atomic E-state index is 0.0149. The lowest BCUT2D eigenvalue weighted by Crippen LogP contribution is -2.51. The number of aryl methyl sites for hydroxylation is 1. The van der Waals surface area contributed by atoms with Gasteiger partial charge in [-0.3, -0.25) is 4.79 Å². The highest BCUT2D eigenvalue weighted by Crippen LogP contribution is 2.14. The molecule has 1 atom stereocenters. The van der Waals surface area contributed by atoms with E-state index in [0.717, 1.165) is 31.0 Å². The molecule has 5 nitrogen and oxygen atoms in total. The molecule has 0 bridgehead atoms. The van der Waals surface area contributed by atoms with Crippen LogP contribution in [0.3, 0.4) is 0 Å². The van der Waals surface area contributed by atoms with E-state index in [4.69, 9.17) is 0 Å². The summed E-state index contributed by atoms with van der Waals surface area (Å²) >= 11 is 0. The maximum absolute atomic E-state index is 12.6. The number of hydrogen-bond donors (Lipinski definition) is 1. The van der Waals surface area contributed by atoms with E-state index >= 15 is 0 Å². The number of hydrogen-bond acceptors (Lipinski definition) is 3. The van der Waals surface area contributed by atoms with Crippen molar-refractivity contribution >= 4 is 5.91 Å². The van der Waals surface area contributed by atoms with E-state index in [9.17, 15) is 4.79 Å². The van der Waals surface area contributed by atoms with Gasteiger partial charge in [0, 0.05) is 31.4 Å². The summed E-state index contributed by atoms with van der Waals surface area (Å²) in [7, 11) is 0. The second-order valence-corrected chi connectivity index (χ2v) is 5.52. The largest absolute Gasteiger partial charge is 0.334 e. The lowest BCUT2D eigenvalue weighted by atomic mass is 10.2. The number of amides is 1. The molecular weight excluding hydrogens is 264 g/mol. The van der Waals surface area contributed by atoms with Crippen molar-refractivity contribution in [2.45, 2.75) is 19.9 Å². The van der Waals surface area contributed by atoms with Gasteiger partial charge in [0.15, 0.2) is 5.69 Å². The molecular formula is C16H20N4O. The van der Waals surface area contributed by atoms with Crippen molar-refractivity contribution < 1.29 is 4.79 Å². The van der Waals surface area contributed by atoms with Crippen LogP contribution in [-0.4, -0.2) is 46.3 Å². The first kappa shape index (κ1) is 13.8. The van der Waals surface area contributed by atoms with Gasteiger partial charge >= 0.3 is 0 Å². The molecule has 1 saturated heterocycles. The summed E-state index contributed by atoms with van der Waals surface area (Å²) in [5.41, 5.74) is 2.46. The van der Waals surface area contributed by atoms with Crippen molar-refractivity contribution in [3.63, 3.8) is 0 Å². The topological polar surface area (TPSA) is 50.2 Å². The molecule has 1 aliphatic rings. The van der Waals surface area contributed by atoms with Crippen LogP contribution >= 0.6 is 0 Å². The quantitative estimate of drug-likeness (QED) is 0.911. The minimum atomic E-state index is 0.0149. The Morgan fingerprint density at radius 1 is 1.33 bits per heavy atom. The van der Waals surface area contributed by atoms with Crippen molar-refractivity contribution in [3.05, 3.63) is 47.8 Å². The molecule has 0 saturated carbocycles. The molecule has 2 heterocycles. The SMILES string of the molecule is Cc1cc(C(=O)N2CCNC(C)C2)nn1-c1ccccc1. The van der Waals surface area contributed by atoms with Gasteiger partial charge in [-0.05, 0) is 32.0 Å². The van der Waals surface area contributed by atoms with Gasteiger partial charge in [-0.15, -0.1) is 0 Å². The van der Waals surface area contributed by atoms with E-state index in [-0.39, 0.29) is 5.91 Å². The highest BCUT2D eigenvalue weighted by Gasteiger charge is 2.24. The number of carbonyl (C=O) groups is 1. The molecule has 1 amide bonds. The number of piperazine rings is 1. The predicted octanol–water partition coefficient (Wildman–Crippen LogP) is 1.61. The molecule has 2 aromatic rings. The lowest BCUT2D eigenvalue weighted by molar-refractivity contribution is 0.0702. The molecule has 1 aliphatic heterocycles. The Morgan fingerprint density at radius 3 is 2.81 bits per heavy atom. The monoisotopic (exact) mass is 284 g/mol. The van der Waals surface area contributed by atoms with Gasteiger partial charge in [0.2, 0.25) is 0 Å². The molecule has 3 rings (SSSR count). The van der Waals surface area contributed by atoms with Gasteiger partial charge < -0.3 is 10.2 Å². The van der Waals surface area contributed by atoms with Crippen molar-refractivity contribution in [1.29, 1.82) is 0 Å². The summed E-state index contributed by atoms with van der Waals surface area (Å²) < 4.78 is 1.82. The zero-order chi connectivity index (χ0) is 14.8. The smallest absolute Gasteiger partial charge is 0.274 e. The van der Waals surface area contributed by atoms with Crippen LogP contribution in [0.4, 0.5) is 0 Å². The lowest BCUT2D eigenvalue weighted by Gasteiger charge is -2.31. The molecule has 5 heteroatoms. The summed E-state index contributed by atoms with van der Waals surface area (Å²) in [6.45, 7) is 6.37. The Balaban J connectivity index is 1.85. The van der Waals surface area contributed by atoms with Gasteiger partial charge in [-0.2, -0.15) is 5.10 Å². The maximum atomic E-state index is 12.6. The van der Waals surface area contributed by atoms with E-state index < -0.39 is 0 Å². The normalized spacial score (nSPS) is 18.8. The summed E-state index contributed by atoms with van der Waals surface area (Å²) in [6, 6.07) is 12.1. The van der Waals surface area contributed by atoms with Crippen LogP contribution in [0, 0.1) is 6.92 Å². The molecule has 1 aromatic heterocycles. The van der Waals surface area contributed by atoms with E-state index in [1.807, 2.05) is 52.9 Å². The maximum Gasteiger partial charge on any atom is 0.274 e. The molecule has 1 aromatic carbocycles. The number of para-hydroxylation sites is 1. The van der Waals surface area contributed by atoms with Gasteiger partial charge in [0.25, 0.3) is 5.91 Å². The molecule has 1 unspecified atom stereocenters. The van der Waals surface area contributed by atoms with Crippen molar-refractivity contribution in [3.8, 4) is 5.69 Å². The molecule has 1 fully saturated rings. The fourth-order valence-electron chi connectivity index (χ4n) is 2.69. The van der Waals surface area contributed by atoms with E-state index in [1.165, 1.54) is 0 Å². The standard InChI is InChI=1S/C16H20N4O/c1-12-11-19(9-8-17-12)16(21)15-10-13(2)20(18-15)14-6-4-3-5-7-14/h3-7,10,12,17H,8-9,11H2,1-2H3. The predicted molar refractivity (Wildman–Crippen MR) is 81.7 cm³/mol. The number of rotatable bonds is 2. The van der Waals surface area contributed by atoms with Crippen molar-refractivity contribution in [1.82, 2.24) is 20.0 Å². The second-order valence-electron chi connectivity index (χ2n) is 5.52. The Kier molecular flexibility index (Phi) is 3.75. The molecule has 0 radical (unpaired) electrons. The average molecular weight is 284 g/mol. The molecule has 1 N–H and O–H groups in total. The van der Waals surface area contributed by atoms with Crippen LogP contribution in [-0.2, 0) is 0 Å². The fraction of sp³-hybridized carbons (Fsp3) is 0.375. The number of benzene rings is 1. The summed E-state index contributed by atoms with van der Waals surface area (Å²) in [5.74, 6) is 0.0149. The third-order valence-corrected chi connectivity index (χ3v) is 3.76. The number of nitrogens with zero attached hydrogens (tertiary/aromatic N) is 3. The first-order chi connectivity index (χ1) is 10.1. The highest BCUT2D eigenvalue weighted by molar-refractivity contribution is 5.92. The Morgan fingerprint density at radius 2 is 2.10 bits per heavy atom. The second kappa shape index (κ2) is 5.69. The molecule has 0 aliphatic carbocycles. The number of nitrogens with one attached hydrogen (secondary N) is 1. The first-order valence-electron chi connectivity index (χ1n) is 7.30. The number of aromatic nitrogens is 2. The molecule has 110 valence electrons. The Bertz CT molecular complexity index is 635. The summed E-state index contributed by atoms with van der Waals surface area (Å²) in [4.78, 5) is 14.4. The van der Waals surface area contributed by atoms with Crippen LogP contribution in [0.5, 0.6) is 0 Å². The number of carbonyl (C=O) groups excluding carboxylic acids is 1. The molecule has 21 heavy (non-hydrogen) atoms. The van der Waals surface area contributed by atoms with Crippen LogP contribution in [0.2, 0.25) is 0 Å². The van der Waals surface area contributed by atoms with Crippen LogP contribution in [0.15, 0.2) is 36.4 Å². The van der Waals surface area contributed by atoms with Crippen molar-refractivity contribution in [2.75, 3.05) is 19.6 Å². The average Bonchev–Trinajstić information content (AvgIpc) is 2.89. The van der Waals surface area contributed by atoms with Gasteiger partial charge in [-0.1, -0.05) is 18.2 Å². The summed E-state index contributed by atoms with van der Waals surface area (Å²) in [6.07, 6.45) is 0. The van der Waals surface area contributed by atoms with E-state index in [2.05, 4.69) is 17.3 Å². The minimum Gasteiger partial charge on any atom is -0.334 e. The third-order valence-electron chi connectivity index (χ3n) is 3.76. The van der Waals surface area contributed by atoms with Gasteiger partial charge in [-0.25, -0.2) is 4.68 Å². The van der Waals surface area contributed by atoms with Crippen LogP contribution < -0.4 is 5.32 Å². The Labute approximate surface area is 124 Å². The Hall–Kier alpha value is -2.14. The zero-order valence-electron chi connectivity index (χ0n) is 12.4. The van der Waals surface area contributed by atoms with E-state index in [0.29, 0.717) is 11.7 Å². The third kappa shape index (κ3) is 2.83. The van der Waals surface area contributed by atoms with Crippen LogP contribution in [0.25, 0.3) is 5.69 Å². The highest BCUT2D eigenvalue weighted by atomic mass is 16.2. The first-order valence-corrected chi connectivity index (χ1v) is 7.30.